The Hall–Kier alpha value is -0.650. The van der Waals surface area contributed by atoms with Gasteiger partial charge in [-0.15, -0.1) is 0 Å². The van der Waals surface area contributed by atoms with Crippen LogP contribution >= 0.6 is 0 Å². The minimum atomic E-state index is -0.418. The van der Waals surface area contributed by atoms with Crippen LogP contribution in [0.2, 0.25) is 0 Å². The topological polar surface area (TPSA) is 67.6 Å². The highest BCUT2D eigenvalue weighted by Crippen LogP contribution is 2.10. The highest BCUT2D eigenvalue weighted by molar-refractivity contribution is 5.80. The number of nitrogens with one attached hydrogen (secondary N) is 1. The Morgan fingerprint density at radius 2 is 2.06 bits per heavy atom. The smallest absolute Gasteiger partial charge is 0.236 e. The average Bonchev–Trinajstić information content (AvgIpc) is 2.22. The molecule has 5 heteroatoms. The molecule has 1 aliphatic heterocycles. The van der Waals surface area contributed by atoms with Crippen LogP contribution in [0.25, 0.3) is 0 Å². The zero-order valence-electron chi connectivity index (χ0n) is 11.1. The fourth-order valence-corrected chi connectivity index (χ4v) is 2.14. The second-order valence-corrected chi connectivity index (χ2v) is 4.95. The second kappa shape index (κ2) is 6.93. The summed E-state index contributed by atoms with van der Waals surface area (Å²) >= 11 is 0. The molecule has 0 bridgehead atoms. The lowest BCUT2D eigenvalue weighted by molar-refractivity contribution is -0.122. The van der Waals surface area contributed by atoms with Gasteiger partial charge in [0.2, 0.25) is 5.91 Å². The first-order valence-electron chi connectivity index (χ1n) is 6.40. The van der Waals surface area contributed by atoms with Crippen molar-refractivity contribution in [3.63, 3.8) is 0 Å². The fourth-order valence-electron chi connectivity index (χ4n) is 2.14. The lowest BCUT2D eigenvalue weighted by atomic mass is 10.2. The molecule has 0 aliphatic carbocycles. The molecule has 0 spiro atoms. The number of nitrogens with zero attached hydrogens (tertiary/aromatic N) is 1. The average molecular weight is 243 g/mol. The van der Waals surface area contributed by atoms with E-state index >= 15 is 0 Å². The maximum Gasteiger partial charge on any atom is 0.236 e. The van der Waals surface area contributed by atoms with E-state index in [4.69, 9.17) is 10.5 Å². The van der Waals surface area contributed by atoms with Crippen LogP contribution in [-0.2, 0) is 9.53 Å². The van der Waals surface area contributed by atoms with Gasteiger partial charge in [-0.25, -0.2) is 0 Å². The molecule has 1 fully saturated rings. The van der Waals surface area contributed by atoms with Crippen molar-refractivity contribution in [3.8, 4) is 0 Å². The summed E-state index contributed by atoms with van der Waals surface area (Å²) < 4.78 is 5.66. The zero-order chi connectivity index (χ0) is 12.8. The number of carbonyl (C=O) groups excluding carboxylic acids is 1. The second-order valence-electron chi connectivity index (χ2n) is 4.95. The van der Waals surface area contributed by atoms with Crippen molar-refractivity contribution in [2.45, 2.75) is 45.4 Å². The van der Waals surface area contributed by atoms with Crippen LogP contribution in [-0.4, -0.2) is 55.2 Å². The summed E-state index contributed by atoms with van der Waals surface area (Å²) in [5, 5.41) is 2.82. The molecule has 3 N–H and O–H groups in total. The van der Waals surface area contributed by atoms with Gasteiger partial charge in [0, 0.05) is 26.2 Å². The van der Waals surface area contributed by atoms with E-state index in [9.17, 15) is 4.79 Å². The Labute approximate surface area is 104 Å². The molecule has 17 heavy (non-hydrogen) atoms. The van der Waals surface area contributed by atoms with E-state index < -0.39 is 6.04 Å². The lowest BCUT2D eigenvalue weighted by Gasteiger charge is -2.35. The van der Waals surface area contributed by atoms with Crippen LogP contribution in [0.1, 0.15) is 27.2 Å². The van der Waals surface area contributed by atoms with Crippen LogP contribution in [0.3, 0.4) is 0 Å². The van der Waals surface area contributed by atoms with E-state index in [1.165, 1.54) is 0 Å². The van der Waals surface area contributed by atoms with Crippen LogP contribution in [0.4, 0.5) is 0 Å². The molecule has 0 saturated carbocycles. The largest absolute Gasteiger partial charge is 0.373 e. The summed E-state index contributed by atoms with van der Waals surface area (Å²) in [6, 6.07) is -0.418. The fraction of sp³-hybridized carbons (Fsp3) is 0.917. The zero-order valence-corrected chi connectivity index (χ0v) is 11.1. The number of ether oxygens (including phenoxy) is 1. The Bertz CT molecular complexity index is 236. The third kappa shape index (κ3) is 5.48. The van der Waals surface area contributed by atoms with Gasteiger partial charge in [0.25, 0.3) is 0 Å². The standard InChI is InChI=1S/C12H25N3O2/c1-9-7-15(8-10(2)17-9)6-4-5-14-12(16)11(3)13/h9-11H,4-8,13H2,1-3H3,(H,14,16). The molecule has 1 rings (SSSR count). The van der Waals surface area contributed by atoms with Crippen LogP contribution < -0.4 is 11.1 Å². The molecule has 0 aromatic carbocycles. The molecule has 1 saturated heterocycles. The van der Waals surface area contributed by atoms with Crippen LogP contribution in [0.15, 0.2) is 0 Å². The predicted octanol–water partition coefficient (Wildman–Crippen LogP) is -0.0509. The summed E-state index contributed by atoms with van der Waals surface area (Å²) in [6.45, 7) is 9.54. The third-order valence-corrected chi connectivity index (χ3v) is 2.86. The van der Waals surface area contributed by atoms with Gasteiger partial charge in [-0.1, -0.05) is 0 Å². The lowest BCUT2D eigenvalue weighted by Crippen LogP contribution is -2.46. The monoisotopic (exact) mass is 243 g/mol. The van der Waals surface area contributed by atoms with Crippen molar-refractivity contribution < 1.29 is 9.53 Å². The normalized spacial score (nSPS) is 27.8. The summed E-state index contributed by atoms with van der Waals surface area (Å²) in [4.78, 5) is 13.6. The minimum Gasteiger partial charge on any atom is -0.373 e. The Morgan fingerprint density at radius 3 is 2.59 bits per heavy atom. The van der Waals surface area contributed by atoms with E-state index in [0.717, 1.165) is 26.1 Å². The molecule has 1 amide bonds. The molecule has 0 radical (unpaired) electrons. The number of hydrogen-bond acceptors (Lipinski definition) is 4. The number of morpholine rings is 1. The van der Waals surface area contributed by atoms with Gasteiger partial charge in [-0.3, -0.25) is 9.69 Å². The van der Waals surface area contributed by atoms with Crippen molar-refractivity contribution in [3.05, 3.63) is 0 Å². The highest BCUT2D eigenvalue weighted by atomic mass is 16.5. The van der Waals surface area contributed by atoms with Gasteiger partial charge in [-0.2, -0.15) is 0 Å². The van der Waals surface area contributed by atoms with Crippen molar-refractivity contribution in [1.82, 2.24) is 10.2 Å². The van der Waals surface area contributed by atoms with Gasteiger partial charge in [0.05, 0.1) is 18.2 Å². The minimum absolute atomic E-state index is 0.0753. The maximum atomic E-state index is 11.2. The van der Waals surface area contributed by atoms with Gasteiger partial charge >= 0.3 is 0 Å². The Kier molecular flexibility index (Phi) is 5.88. The first-order chi connectivity index (χ1) is 7.99. The van der Waals surface area contributed by atoms with E-state index in [-0.39, 0.29) is 5.91 Å². The number of rotatable bonds is 5. The van der Waals surface area contributed by atoms with Crippen molar-refractivity contribution in [2.24, 2.45) is 5.73 Å². The van der Waals surface area contributed by atoms with Gasteiger partial charge < -0.3 is 15.8 Å². The third-order valence-electron chi connectivity index (χ3n) is 2.86. The first kappa shape index (κ1) is 14.4. The number of nitrogens with two attached hydrogens (primary N) is 1. The predicted molar refractivity (Wildman–Crippen MR) is 67.7 cm³/mol. The molecule has 100 valence electrons. The molecule has 3 atom stereocenters. The van der Waals surface area contributed by atoms with Crippen molar-refractivity contribution in [2.75, 3.05) is 26.2 Å². The summed E-state index contributed by atoms with van der Waals surface area (Å²) in [5.41, 5.74) is 5.46. The molecular weight excluding hydrogens is 218 g/mol. The van der Waals surface area contributed by atoms with E-state index in [2.05, 4.69) is 24.1 Å². The SMILES string of the molecule is CC1CN(CCCNC(=O)C(C)N)CC(C)O1. The highest BCUT2D eigenvalue weighted by Gasteiger charge is 2.21. The molecule has 0 aromatic heterocycles. The van der Waals surface area contributed by atoms with E-state index in [1.54, 1.807) is 6.92 Å². The van der Waals surface area contributed by atoms with Crippen LogP contribution in [0, 0.1) is 0 Å². The van der Waals surface area contributed by atoms with Crippen LogP contribution in [0.5, 0.6) is 0 Å². The molecule has 1 aliphatic rings. The summed E-state index contributed by atoms with van der Waals surface area (Å²) in [7, 11) is 0. The number of amides is 1. The van der Waals surface area contributed by atoms with E-state index in [0.29, 0.717) is 18.8 Å². The number of carbonyl (C=O) groups is 1. The van der Waals surface area contributed by atoms with Crippen molar-refractivity contribution in [1.29, 1.82) is 0 Å². The number of hydrogen-bond donors (Lipinski definition) is 2. The molecular formula is C12H25N3O2. The summed E-state index contributed by atoms with van der Waals surface area (Å²) in [5.74, 6) is -0.0753. The molecule has 3 unspecified atom stereocenters. The molecule has 5 nitrogen and oxygen atoms in total. The van der Waals surface area contributed by atoms with Crippen molar-refractivity contribution >= 4 is 5.91 Å². The Morgan fingerprint density at radius 1 is 1.47 bits per heavy atom. The van der Waals surface area contributed by atoms with Gasteiger partial charge in [0.1, 0.15) is 0 Å². The molecule has 0 aromatic rings. The first-order valence-corrected chi connectivity index (χ1v) is 6.40. The maximum absolute atomic E-state index is 11.2. The molecule has 1 heterocycles. The van der Waals surface area contributed by atoms with Gasteiger partial charge in [-0.05, 0) is 27.2 Å². The van der Waals surface area contributed by atoms with E-state index in [1.807, 2.05) is 0 Å². The summed E-state index contributed by atoms with van der Waals surface area (Å²) in [6.07, 6.45) is 1.56. The quantitative estimate of drug-likeness (QED) is 0.664. The Balaban J connectivity index is 2.12. The van der Waals surface area contributed by atoms with Gasteiger partial charge in [0.15, 0.2) is 0 Å².